The van der Waals surface area contributed by atoms with Gasteiger partial charge in [-0.15, -0.1) is 0 Å². The molecule has 0 spiro atoms. The number of carbonyl (C=O) groups excluding carboxylic acids is 1. The van der Waals surface area contributed by atoms with Gasteiger partial charge in [0.25, 0.3) is 5.91 Å². The Morgan fingerprint density at radius 2 is 1.75 bits per heavy atom. The van der Waals surface area contributed by atoms with Crippen molar-refractivity contribution < 1.29 is 4.79 Å². The molecule has 0 saturated heterocycles. The van der Waals surface area contributed by atoms with Crippen LogP contribution in [0.2, 0.25) is 0 Å². The van der Waals surface area contributed by atoms with Gasteiger partial charge in [0.1, 0.15) is 5.69 Å². The molecule has 0 aliphatic carbocycles. The molecule has 1 heterocycles. The highest BCUT2D eigenvalue weighted by molar-refractivity contribution is 9.10. The number of nitrogens with zero attached hydrogens (tertiary/aromatic N) is 1. The van der Waals surface area contributed by atoms with Crippen molar-refractivity contribution in [1.82, 2.24) is 4.98 Å². The maximum Gasteiger partial charge on any atom is 0.274 e. The van der Waals surface area contributed by atoms with Gasteiger partial charge in [-0.3, -0.25) is 9.78 Å². The highest BCUT2D eigenvalue weighted by Gasteiger charge is 2.12. The Labute approximate surface area is 124 Å². The van der Waals surface area contributed by atoms with Gasteiger partial charge in [0.2, 0.25) is 0 Å². The van der Waals surface area contributed by atoms with Crippen molar-refractivity contribution in [3.63, 3.8) is 0 Å². The monoisotopic (exact) mass is 326 g/mol. The third-order valence-corrected chi connectivity index (χ3v) is 3.70. The molecule has 20 heavy (non-hydrogen) atoms. The van der Waals surface area contributed by atoms with Crippen molar-refractivity contribution in [3.05, 3.63) is 71.0 Å². The number of aromatic nitrogens is 1. The highest BCUT2D eigenvalue weighted by atomic mass is 79.9. The van der Waals surface area contributed by atoms with Gasteiger partial charge in [0.15, 0.2) is 0 Å². The maximum atomic E-state index is 12.4. The van der Waals surface area contributed by atoms with E-state index in [2.05, 4.69) is 26.2 Å². The number of amides is 1. The molecule has 0 unspecified atom stereocenters. The Morgan fingerprint density at radius 3 is 2.60 bits per heavy atom. The summed E-state index contributed by atoms with van der Waals surface area (Å²) in [4.78, 5) is 16.6. The zero-order valence-electron chi connectivity index (χ0n) is 10.5. The number of para-hydroxylation sites is 1. The molecule has 4 heteroatoms. The topological polar surface area (TPSA) is 42.0 Å². The van der Waals surface area contributed by atoms with E-state index < -0.39 is 0 Å². The highest BCUT2D eigenvalue weighted by Crippen LogP contribution is 2.23. The van der Waals surface area contributed by atoms with Gasteiger partial charge in [0.05, 0.1) is 5.69 Å². The molecule has 3 nitrogen and oxygen atoms in total. The summed E-state index contributed by atoms with van der Waals surface area (Å²) in [5, 5.41) is 4.72. The van der Waals surface area contributed by atoms with Crippen LogP contribution in [0.1, 0.15) is 10.5 Å². The number of halogens is 1. The minimum Gasteiger partial charge on any atom is -0.320 e. The molecule has 0 fully saturated rings. The van der Waals surface area contributed by atoms with Gasteiger partial charge in [-0.1, -0.05) is 36.4 Å². The van der Waals surface area contributed by atoms with Crippen LogP contribution in [0.3, 0.4) is 0 Å². The van der Waals surface area contributed by atoms with Crippen LogP contribution in [0.15, 0.2) is 65.3 Å². The SMILES string of the molecule is O=C(Nc1ccccc1Br)c1nccc2ccccc12. The number of hydrogen-bond acceptors (Lipinski definition) is 2. The minimum atomic E-state index is -0.214. The standard InChI is InChI=1S/C16H11BrN2O/c17-13-7-3-4-8-14(13)19-16(20)15-12-6-2-1-5-11(12)9-10-18-15/h1-10H,(H,19,20). The largest absolute Gasteiger partial charge is 0.320 e. The Kier molecular flexibility index (Phi) is 3.48. The fourth-order valence-electron chi connectivity index (χ4n) is 2.04. The van der Waals surface area contributed by atoms with Crippen LogP contribution in [0.5, 0.6) is 0 Å². The van der Waals surface area contributed by atoms with E-state index in [1.54, 1.807) is 6.20 Å². The third kappa shape index (κ3) is 2.42. The van der Waals surface area contributed by atoms with Crippen LogP contribution in [-0.2, 0) is 0 Å². The van der Waals surface area contributed by atoms with Crippen LogP contribution in [0.4, 0.5) is 5.69 Å². The van der Waals surface area contributed by atoms with Crippen LogP contribution in [0.25, 0.3) is 10.8 Å². The van der Waals surface area contributed by atoms with E-state index in [0.717, 1.165) is 20.9 Å². The lowest BCUT2D eigenvalue weighted by Gasteiger charge is -2.08. The van der Waals surface area contributed by atoms with E-state index in [-0.39, 0.29) is 5.91 Å². The summed E-state index contributed by atoms with van der Waals surface area (Å²) < 4.78 is 0.841. The molecule has 1 amide bonds. The molecule has 1 N–H and O–H groups in total. The molecule has 3 aromatic rings. The van der Waals surface area contributed by atoms with Gasteiger partial charge in [-0.05, 0) is 39.5 Å². The van der Waals surface area contributed by atoms with Crippen LogP contribution in [-0.4, -0.2) is 10.9 Å². The summed E-state index contributed by atoms with van der Waals surface area (Å²) in [6, 6.07) is 17.1. The fourth-order valence-corrected chi connectivity index (χ4v) is 2.43. The normalized spacial score (nSPS) is 10.4. The first-order valence-corrected chi connectivity index (χ1v) is 6.94. The molecule has 0 saturated carbocycles. The van der Waals surface area contributed by atoms with Crippen molar-refractivity contribution in [3.8, 4) is 0 Å². The van der Waals surface area contributed by atoms with E-state index in [1.165, 1.54) is 0 Å². The summed E-state index contributed by atoms with van der Waals surface area (Å²) in [7, 11) is 0. The molecule has 1 aromatic heterocycles. The summed E-state index contributed by atoms with van der Waals surface area (Å²) in [5.74, 6) is -0.214. The lowest BCUT2D eigenvalue weighted by atomic mass is 10.1. The van der Waals surface area contributed by atoms with Crippen molar-refractivity contribution in [2.45, 2.75) is 0 Å². The Morgan fingerprint density at radius 1 is 1.00 bits per heavy atom. The molecule has 0 aliphatic heterocycles. The molecule has 0 atom stereocenters. The van der Waals surface area contributed by atoms with Gasteiger partial charge in [-0.25, -0.2) is 0 Å². The molecular formula is C16H11BrN2O. The molecule has 3 rings (SSSR count). The predicted molar refractivity (Wildman–Crippen MR) is 83.8 cm³/mol. The number of anilines is 1. The minimum absolute atomic E-state index is 0.214. The van der Waals surface area contributed by atoms with E-state index in [0.29, 0.717) is 5.69 Å². The van der Waals surface area contributed by atoms with E-state index in [1.807, 2.05) is 54.6 Å². The van der Waals surface area contributed by atoms with Crippen molar-refractivity contribution in [2.75, 3.05) is 5.32 Å². The second-order valence-corrected chi connectivity index (χ2v) is 5.17. The first-order valence-electron chi connectivity index (χ1n) is 6.15. The van der Waals surface area contributed by atoms with E-state index in [4.69, 9.17) is 0 Å². The van der Waals surface area contributed by atoms with Gasteiger partial charge in [0, 0.05) is 16.1 Å². The molecule has 0 bridgehead atoms. The Bertz CT molecular complexity index is 781. The Balaban J connectivity index is 1.99. The van der Waals surface area contributed by atoms with Crippen molar-refractivity contribution >= 4 is 38.3 Å². The first-order chi connectivity index (χ1) is 9.75. The maximum absolute atomic E-state index is 12.4. The summed E-state index contributed by atoms with van der Waals surface area (Å²) in [6.07, 6.45) is 1.65. The van der Waals surface area contributed by atoms with Crippen molar-refractivity contribution in [1.29, 1.82) is 0 Å². The number of fused-ring (bicyclic) bond motifs is 1. The zero-order chi connectivity index (χ0) is 13.9. The summed E-state index contributed by atoms with van der Waals surface area (Å²) in [5.41, 5.74) is 1.16. The molecule has 98 valence electrons. The second kappa shape index (κ2) is 5.43. The Hall–Kier alpha value is -2.20. The van der Waals surface area contributed by atoms with Crippen LogP contribution in [0, 0.1) is 0 Å². The molecule has 2 aromatic carbocycles. The van der Waals surface area contributed by atoms with Crippen LogP contribution < -0.4 is 5.32 Å². The van der Waals surface area contributed by atoms with Gasteiger partial charge in [-0.2, -0.15) is 0 Å². The lowest BCUT2D eigenvalue weighted by molar-refractivity contribution is 0.102. The molecular weight excluding hydrogens is 316 g/mol. The quantitative estimate of drug-likeness (QED) is 0.764. The predicted octanol–water partition coefficient (Wildman–Crippen LogP) is 4.25. The lowest BCUT2D eigenvalue weighted by Crippen LogP contribution is -2.14. The molecule has 0 aliphatic rings. The number of nitrogens with one attached hydrogen (secondary N) is 1. The third-order valence-electron chi connectivity index (χ3n) is 3.01. The van der Waals surface area contributed by atoms with Crippen molar-refractivity contribution in [2.24, 2.45) is 0 Å². The smallest absolute Gasteiger partial charge is 0.274 e. The molecule has 0 radical (unpaired) electrons. The van der Waals surface area contributed by atoms with Crippen LogP contribution >= 0.6 is 15.9 Å². The number of pyridine rings is 1. The first kappa shape index (κ1) is 12.8. The number of benzene rings is 2. The summed E-state index contributed by atoms with van der Waals surface area (Å²) in [6.45, 7) is 0. The second-order valence-electron chi connectivity index (χ2n) is 4.31. The van der Waals surface area contributed by atoms with Gasteiger partial charge >= 0.3 is 0 Å². The van der Waals surface area contributed by atoms with Gasteiger partial charge < -0.3 is 5.32 Å². The average Bonchev–Trinajstić information content (AvgIpc) is 2.49. The average molecular weight is 327 g/mol. The number of carbonyl (C=O) groups is 1. The zero-order valence-corrected chi connectivity index (χ0v) is 12.1. The van der Waals surface area contributed by atoms with E-state index in [9.17, 15) is 4.79 Å². The fraction of sp³-hybridized carbons (Fsp3) is 0. The summed E-state index contributed by atoms with van der Waals surface area (Å²) >= 11 is 3.41. The number of rotatable bonds is 2. The number of hydrogen-bond donors (Lipinski definition) is 1. The van der Waals surface area contributed by atoms with E-state index >= 15 is 0 Å².